The zero-order valence-electron chi connectivity index (χ0n) is 16.8. The Labute approximate surface area is 173 Å². The van der Waals surface area contributed by atoms with E-state index in [0.29, 0.717) is 12.5 Å². The molecule has 1 saturated heterocycles. The molecule has 3 heterocycles. The van der Waals surface area contributed by atoms with Crippen LogP contribution in [0.2, 0.25) is 0 Å². The van der Waals surface area contributed by atoms with Crippen LogP contribution in [0.15, 0.2) is 46.1 Å². The lowest BCUT2D eigenvalue weighted by atomic mass is 10.2. The van der Waals surface area contributed by atoms with Crippen LogP contribution in [0.25, 0.3) is 0 Å². The normalized spacial score (nSPS) is 16.5. The fourth-order valence-corrected chi connectivity index (χ4v) is 3.40. The van der Waals surface area contributed by atoms with E-state index < -0.39 is 17.6 Å². The Hall–Kier alpha value is -2.75. The van der Waals surface area contributed by atoms with Crippen molar-refractivity contribution < 1.29 is 22.3 Å². The molecule has 2 aromatic rings. The van der Waals surface area contributed by atoms with Gasteiger partial charge in [0.25, 0.3) is 0 Å². The number of aliphatic imine (C=N–C) groups is 1. The number of nitrogens with one attached hydrogen (secondary N) is 2. The summed E-state index contributed by atoms with van der Waals surface area (Å²) in [5.74, 6) is 0.992. The van der Waals surface area contributed by atoms with Crippen molar-refractivity contribution in [3.63, 3.8) is 0 Å². The smallest absolute Gasteiger partial charge is 0.421 e. The first kappa shape index (κ1) is 21.9. The summed E-state index contributed by atoms with van der Waals surface area (Å²) in [5, 5.41) is 6.30. The van der Waals surface area contributed by atoms with Gasteiger partial charge in [-0.1, -0.05) is 0 Å². The minimum Gasteiger partial charge on any atom is -0.475 e. The molecular weight excluding hydrogens is 399 g/mol. The lowest BCUT2D eigenvalue weighted by Gasteiger charge is -2.26. The second-order valence-electron chi connectivity index (χ2n) is 6.86. The standard InChI is InChI=1S/C20H26F3N5O2/c1-24-19(26-9-13-30-18-15(20(21,22)23)6-4-8-25-18)27-14-16(17-7-5-12-29-17)28-10-2-3-11-28/h4-8,12,16H,2-3,9-11,13-14H2,1H3,(H2,24,26,27). The Morgan fingerprint density at radius 1 is 1.27 bits per heavy atom. The lowest BCUT2D eigenvalue weighted by Crippen LogP contribution is -2.43. The third-order valence-electron chi connectivity index (χ3n) is 4.85. The third-order valence-corrected chi connectivity index (χ3v) is 4.85. The van der Waals surface area contributed by atoms with Crippen molar-refractivity contribution in [3.05, 3.63) is 48.0 Å². The van der Waals surface area contributed by atoms with Crippen molar-refractivity contribution in [1.29, 1.82) is 0 Å². The minimum absolute atomic E-state index is 0.00846. The van der Waals surface area contributed by atoms with Gasteiger partial charge in [0.05, 0.1) is 18.8 Å². The molecule has 3 rings (SSSR count). The number of likely N-dealkylation sites (tertiary alicyclic amines) is 1. The molecule has 0 bridgehead atoms. The molecule has 2 N–H and O–H groups in total. The summed E-state index contributed by atoms with van der Waals surface area (Å²) in [5.41, 5.74) is -0.889. The fraction of sp³-hybridized carbons (Fsp3) is 0.500. The zero-order chi connectivity index (χ0) is 21.4. The van der Waals surface area contributed by atoms with Gasteiger partial charge in [0.1, 0.15) is 17.9 Å². The molecule has 7 nitrogen and oxygen atoms in total. The van der Waals surface area contributed by atoms with Crippen LogP contribution < -0.4 is 15.4 Å². The first-order valence-corrected chi connectivity index (χ1v) is 9.86. The maximum absolute atomic E-state index is 13.0. The Balaban J connectivity index is 1.48. The minimum atomic E-state index is -4.51. The average molecular weight is 425 g/mol. The molecular formula is C20H26F3N5O2. The summed E-state index contributed by atoms with van der Waals surface area (Å²) in [7, 11) is 1.63. The number of rotatable bonds is 8. The predicted octanol–water partition coefficient (Wildman–Crippen LogP) is 3.07. The van der Waals surface area contributed by atoms with E-state index in [1.54, 1.807) is 13.3 Å². The van der Waals surface area contributed by atoms with Gasteiger partial charge in [-0.2, -0.15) is 13.2 Å². The van der Waals surface area contributed by atoms with Crippen molar-refractivity contribution >= 4 is 5.96 Å². The van der Waals surface area contributed by atoms with Gasteiger partial charge in [0.15, 0.2) is 5.96 Å². The van der Waals surface area contributed by atoms with Crippen LogP contribution in [0.5, 0.6) is 5.88 Å². The molecule has 2 aromatic heterocycles. The average Bonchev–Trinajstić information content (AvgIpc) is 3.44. The number of nitrogens with zero attached hydrogens (tertiary/aromatic N) is 3. The zero-order valence-corrected chi connectivity index (χ0v) is 16.8. The second-order valence-corrected chi connectivity index (χ2v) is 6.86. The van der Waals surface area contributed by atoms with Crippen molar-refractivity contribution in [1.82, 2.24) is 20.5 Å². The monoisotopic (exact) mass is 425 g/mol. The van der Waals surface area contributed by atoms with Crippen LogP contribution in [0, 0.1) is 0 Å². The largest absolute Gasteiger partial charge is 0.475 e. The van der Waals surface area contributed by atoms with Crippen LogP contribution in [-0.4, -0.2) is 55.7 Å². The number of alkyl halides is 3. The molecule has 0 spiro atoms. The number of aromatic nitrogens is 1. The molecule has 0 aliphatic carbocycles. The number of halogens is 3. The SMILES string of the molecule is CN=C(NCCOc1ncccc1C(F)(F)F)NCC(c1ccco1)N1CCCC1. The van der Waals surface area contributed by atoms with Gasteiger partial charge in [0.2, 0.25) is 5.88 Å². The van der Waals surface area contributed by atoms with Crippen molar-refractivity contribution in [2.75, 3.05) is 39.8 Å². The summed E-state index contributed by atoms with van der Waals surface area (Å²) in [6.45, 7) is 2.89. The third kappa shape index (κ3) is 5.88. The Morgan fingerprint density at radius 2 is 2.07 bits per heavy atom. The number of ether oxygens (including phenoxy) is 1. The molecule has 1 aliphatic rings. The number of hydrogen-bond donors (Lipinski definition) is 2. The summed E-state index contributed by atoms with van der Waals surface area (Å²) >= 11 is 0. The van der Waals surface area contributed by atoms with E-state index in [2.05, 4.69) is 25.5 Å². The first-order valence-electron chi connectivity index (χ1n) is 9.86. The molecule has 164 valence electrons. The van der Waals surface area contributed by atoms with Gasteiger partial charge in [0, 0.05) is 19.8 Å². The summed E-state index contributed by atoms with van der Waals surface area (Å²) in [6, 6.07) is 6.09. The van der Waals surface area contributed by atoms with Gasteiger partial charge < -0.3 is 19.8 Å². The predicted molar refractivity (Wildman–Crippen MR) is 106 cm³/mol. The fourth-order valence-electron chi connectivity index (χ4n) is 3.40. The van der Waals surface area contributed by atoms with E-state index in [1.165, 1.54) is 12.3 Å². The van der Waals surface area contributed by atoms with Gasteiger partial charge in [-0.25, -0.2) is 4.98 Å². The summed E-state index contributed by atoms with van der Waals surface area (Å²) in [4.78, 5) is 10.2. The molecule has 30 heavy (non-hydrogen) atoms. The maximum Gasteiger partial charge on any atom is 0.421 e. The molecule has 1 unspecified atom stereocenters. The van der Waals surface area contributed by atoms with E-state index in [1.807, 2.05) is 12.1 Å². The molecule has 10 heteroatoms. The lowest BCUT2D eigenvalue weighted by molar-refractivity contribution is -0.139. The molecule has 1 fully saturated rings. The molecule has 0 aromatic carbocycles. The Kier molecular flexibility index (Phi) is 7.56. The van der Waals surface area contributed by atoms with Crippen LogP contribution in [-0.2, 0) is 6.18 Å². The van der Waals surface area contributed by atoms with Gasteiger partial charge in [-0.15, -0.1) is 0 Å². The highest BCUT2D eigenvalue weighted by Gasteiger charge is 2.35. The van der Waals surface area contributed by atoms with Gasteiger partial charge in [-0.05, 0) is 50.2 Å². The van der Waals surface area contributed by atoms with E-state index in [4.69, 9.17) is 9.15 Å². The van der Waals surface area contributed by atoms with E-state index in [9.17, 15) is 13.2 Å². The Morgan fingerprint density at radius 3 is 2.73 bits per heavy atom. The van der Waals surface area contributed by atoms with E-state index in [-0.39, 0.29) is 19.2 Å². The van der Waals surface area contributed by atoms with Crippen LogP contribution >= 0.6 is 0 Å². The van der Waals surface area contributed by atoms with Gasteiger partial charge >= 0.3 is 6.18 Å². The molecule has 0 amide bonds. The number of furan rings is 1. The number of pyridine rings is 1. The van der Waals surface area contributed by atoms with E-state index in [0.717, 1.165) is 37.8 Å². The summed E-state index contributed by atoms with van der Waals surface area (Å²) < 4.78 is 49.8. The van der Waals surface area contributed by atoms with Crippen LogP contribution in [0.1, 0.15) is 30.2 Å². The van der Waals surface area contributed by atoms with Crippen molar-refractivity contribution in [2.45, 2.75) is 25.1 Å². The first-order chi connectivity index (χ1) is 14.5. The summed E-state index contributed by atoms with van der Waals surface area (Å²) in [6.07, 6.45) is 0.746. The molecule has 1 atom stereocenters. The number of guanidine groups is 1. The second kappa shape index (κ2) is 10.3. The van der Waals surface area contributed by atoms with Crippen LogP contribution in [0.4, 0.5) is 13.2 Å². The quantitative estimate of drug-likeness (QED) is 0.385. The topological polar surface area (TPSA) is 74.9 Å². The highest BCUT2D eigenvalue weighted by Crippen LogP contribution is 2.34. The molecule has 1 aliphatic heterocycles. The van der Waals surface area contributed by atoms with Crippen molar-refractivity contribution in [3.8, 4) is 5.88 Å². The van der Waals surface area contributed by atoms with Crippen LogP contribution in [0.3, 0.4) is 0 Å². The highest BCUT2D eigenvalue weighted by atomic mass is 19.4. The highest BCUT2D eigenvalue weighted by molar-refractivity contribution is 5.79. The van der Waals surface area contributed by atoms with E-state index >= 15 is 0 Å². The molecule has 0 saturated carbocycles. The number of hydrogen-bond acceptors (Lipinski definition) is 5. The van der Waals surface area contributed by atoms with Gasteiger partial charge in [-0.3, -0.25) is 9.89 Å². The molecule has 0 radical (unpaired) electrons. The Bertz CT molecular complexity index is 805. The maximum atomic E-state index is 13.0. The van der Waals surface area contributed by atoms with Crippen molar-refractivity contribution in [2.24, 2.45) is 4.99 Å².